The molecule has 0 aliphatic carbocycles. The van der Waals surface area contributed by atoms with Crippen LogP contribution in [0.3, 0.4) is 0 Å². The number of halogens is 1. The molecule has 0 spiro atoms. The predicted octanol–water partition coefficient (Wildman–Crippen LogP) is 2.16. The molecule has 0 aromatic heterocycles. The van der Waals surface area contributed by atoms with E-state index >= 15 is 0 Å². The van der Waals surface area contributed by atoms with Crippen molar-refractivity contribution in [2.24, 2.45) is 0 Å². The average Bonchev–Trinajstić information content (AvgIpc) is 2.31. The van der Waals surface area contributed by atoms with E-state index < -0.39 is 11.4 Å². The second-order valence-electron chi connectivity index (χ2n) is 3.97. The minimum Gasteiger partial charge on any atom is -0.397 e. The third kappa shape index (κ3) is 2.94. The van der Waals surface area contributed by atoms with Crippen LogP contribution in [-0.2, 0) is 9.53 Å². The van der Waals surface area contributed by atoms with E-state index in [0.29, 0.717) is 12.1 Å². The van der Waals surface area contributed by atoms with Gasteiger partial charge in [-0.2, -0.15) is 0 Å². The monoisotopic (exact) mass is 240 g/mol. The van der Waals surface area contributed by atoms with Gasteiger partial charge in [-0.1, -0.05) is 6.92 Å². The highest BCUT2D eigenvalue weighted by molar-refractivity contribution is 5.99. The molecule has 0 fully saturated rings. The maximum Gasteiger partial charge on any atom is 0.256 e. The van der Waals surface area contributed by atoms with Crippen LogP contribution in [0.5, 0.6) is 0 Å². The summed E-state index contributed by atoms with van der Waals surface area (Å²) < 4.78 is 18.0. The second kappa shape index (κ2) is 5.14. The van der Waals surface area contributed by atoms with Gasteiger partial charge in [0.2, 0.25) is 0 Å². The van der Waals surface area contributed by atoms with Crippen LogP contribution in [0.25, 0.3) is 0 Å². The summed E-state index contributed by atoms with van der Waals surface area (Å²) in [4.78, 5) is 11.9. The summed E-state index contributed by atoms with van der Waals surface area (Å²) in [6.45, 7) is 3.53. The van der Waals surface area contributed by atoms with Crippen LogP contribution < -0.4 is 11.1 Å². The summed E-state index contributed by atoms with van der Waals surface area (Å²) in [6.07, 6.45) is 0.524. The van der Waals surface area contributed by atoms with Crippen LogP contribution in [0.15, 0.2) is 18.2 Å². The maximum atomic E-state index is 12.8. The number of amides is 1. The van der Waals surface area contributed by atoms with Crippen molar-refractivity contribution in [3.05, 3.63) is 24.0 Å². The first-order valence-corrected chi connectivity index (χ1v) is 5.34. The van der Waals surface area contributed by atoms with Crippen molar-refractivity contribution in [2.75, 3.05) is 18.2 Å². The summed E-state index contributed by atoms with van der Waals surface area (Å²) in [5.41, 5.74) is 5.25. The highest BCUT2D eigenvalue weighted by Gasteiger charge is 2.31. The molecule has 0 aliphatic heterocycles. The minimum atomic E-state index is -0.916. The van der Waals surface area contributed by atoms with Gasteiger partial charge in [-0.25, -0.2) is 4.39 Å². The van der Waals surface area contributed by atoms with Gasteiger partial charge < -0.3 is 15.8 Å². The van der Waals surface area contributed by atoms with E-state index in [1.54, 1.807) is 6.92 Å². The average molecular weight is 240 g/mol. The first kappa shape index (κ1) is 13.4. The summed E-state index contributed by atoms with van der Waals surface area (Å²) >= 11 is 0. The number of benzene rings is 1. The van der Waals surface area contributed by atoms with E-state index in [4.69, 9.17) is 10.5 Å². The summed E-state index contributed by atoms with van der Waals surface area (Å²) in [5.74, 6) is -0.744. The highest BCUT2D eigenvalue weighted by atomic mass is 19.1. The van der Waals surface area contributed by atoms with E-state index in [1.807, 2.05) is 6.92 Å². The summed E-state index contributed by atoms with van der Waals surface area (Å²) in [5, 5.41) is 2.62. The molecule has 1 atom stereocenters. The molecule has 1 amide bonds. The fourth-order valence-electron chi connectivity index (χ4n) is 1.30. The predicted molar refractivity (Wildman–Crippen MR) is 65.1 cm³/mol. The van der Waals surface area contributed by atoms with Gasteiger partial charge in [0.05, 0.1) is 11.4 Å². The van der Waals surface area contributed by atoms with Gasteiger partial charge in [0, 0.05) is 7.11 Å². The number of ether oxygens (including phenoxy) is 1. The number of carbonyl (C=O) groups is 1. The SMILES string of the molecule is CCC(C)(OC)C(=O)Nc1ccc(F)cc1N. The van der Waals surface area contributed by atoms with Crippen molar-refractivity contribution in [3.8, 4) is 0 Å². The minimum absolute atomic E-state index is 0.188. The molecule has 0 radical (unpaired) electrons. The van der Waals surface area contributed by atoms with Crippen molar-refractivity contribution in [3.63, 3.8) is 0 Å². The molecule has 5 heteroatoms. The molecule has 1 unspecified atom stereocenters. The Balaban J connectivity index is 2.88. The Morgan fingerprint density at radius 3 is 2.71 bits per heavy atom. The third-order valence-electron chi connectivity index (χ3n) is 2.87. The molecule has 1 aromatic rings. The molecule has 3 N–H and O–H groups in total. The van der Waals surface area contributed by atoms with Crippen LogP contribution in [0.1, 0.15) is 20.3 Å². The Morgan fingerprint density at radius 2 is 2.24 bits per heavy atom. The van der Waals surface area contributed by atoms with Crippen molar-refractivity contribution in [1.82, 2.24) is 0 Å². The van der Waals surface area contributed by atoms with E-state index in [0.717, 1.165) is 6.07 Å². The first-order chi connectivity index (χ1) is 7.92. The lowest BCUT2D eigenvalue weighted by molar-refractivity contribution is -0.136. The molecule has 1 aromatic carbocycles. The highest BCUT2D eigenvalue weighted by Crippen LogP contribution is 2.22. The lowest BCUT2D eigenvalue weighted by atomic mass is 10.0. The molecule has 0 saturated heterocycles. The Labute approximate surface area is 100.0 Å². The van der Waals surface area contributed by atoms with Crippen LogP contribution >= 0.6 is 0 Å². The van der Waals surface area contributed by atoms with Crippen molar-refractivity contribution >= 4 is 17.3 Å². The molecule has 0 saturated carbocycles. The number of hydrogen-bond acceptors (Lipinski definition) is 3. The third-order valence-corrected chi connectivity index (χ3v) is 2.87. The lowest BCUT2D eigenvalue weighted by Gasteiger charge is -2.25. The molecule has 94 valence electrons. The van der Waals surface area contributed by atoms with E-state index in [-0.39, 0.29) is 11.6 Å². The van der Waals surface area contributed by atoms with Gasteiger partial charge in [0.1, 0.15) is 11.4 Å². The van der Waals surface area contributed by atoms with Crippen LogP contribution in [0, 0.1) is 5.82 Å². The molecule has 4 nitrogen and oxygen atoms in total. The second-order valence-corrected chi connectivity index (χ2v) is 3.97. The van der Waals surface area contributed by atoms with E-state index in [9.17, 15) is 9.18 Å². The van der Waals surface area contributed by atoms with Crippen molar-refractivity contribution < 1.29 is 13.9 Å². The Morgan fingerprint density at radius 1 is 1.59 bits per heavy atom. The van der Waals surface area contributed by atoms with Gasteiger partial charge in [0.25, 0.3) is 5.91 Å². The van der Waals surface area contributed by atoms with Gasteiger partial charge >= 0.3 is 0 Å². The number of nitrogen functional groups attached to an aromatic ring is 1. The Bertz CT molecular complexity index is 417. The van der Waals surface area contributed by atoms with Gasteiger partial charge in [-0.15, -0.1) is 0 Å². The summed E-state index contributed by atoms with van der Waals surface area (Å²) in [7, 11) is 1.47. The van der Waals surface area contributed by atoms with Gasteiger partial charge in [-0.05, 0) is 31.5 Å². The standard InChI is InChI=1S/C12H17FN2O2/c1-4-12(2,17-3)11(16)15-10-6-5-8(13)7-9(10)14/h5-7H,4,14H2,1-3H3,(H,15,16). The number of nitrogens with two attached hydrogens (primary N) is 1. The zero-order chi connectivity index (χ0) is 13.1. The number of hydrogen-bond donors (Lipinski definition) is 2. The fraction of sp³-hybridized carbons (Fsp3) is 0.417. The number of rotatable bonds is 4. The molecule has 0 heterocycles. The van der Waals surface area contributed by atoms with Crippen molar-refractivity contribution in [2.45, 2.75) is 25.9 Å². The topological polar surface area (TPSA) is 64.3 Å². The zero-order valence-corrected chi connectivity index (χ0v) is 10.2. The molecule has 17 heavy (non-hydrogen) atoms. The van der Waals surface area contributed by atoms with Crippen LogP contribution in [0.2, 0.25) is 0 Å². The zero-order valence-electron chi connectivity index (χ0n) is 10.2. The number of anilines is 2. The molecular formula is C12H17FN2O2. The normalized spacial score (nSPS) is 14.1. The molecule has 0 aliphatic rings. The van der Waals surface area contributed by atoms with E-state index in [2.05, 4.69) is 5.32 Å². The number of nitrogens with one attached hydrogen (secondary N) is 1. The van der Waals surface area contributed by atoms with Gasteiger partial charge in [-0.3, -0.25) is 4.79 Å². The lowest BCUT2D eigenvalue weighted by Crippen LogP contribution is -2.41. The summed E-state index contributed by atoms with van der Waals surface area (Å²) in [6, 6.07) is 3.82. The number of methoxy groups -OCH3 is 1. The Hall–Kier alpha value is -1.62. The number of carbonyl (C=O) groups excluding carboxylic acids is 1. The van der Waals surface area contributed by atoms with Crippen LogP contribution in [-0.4, -0.2) is 18.6 Å². The maximum absolute atomic E-state index is 12.8. The van der Waals surface area contributed by atoms with Gasteiger partial charge in [0.15, 0.2) is 0 Å². The fourth-order valence-corrected chi connectivity index (χ4v) is 1.30. The molecule has 0 bridgehead atoms. The van der Waals surface area contributed by atoms with Crippen LogP contribution in [0.4, 0.5) is 15.8 Å². The Kier molecular flexibility index (Phi) is 4.07. The molecule has 1 rings (SSSR count). The first-order valence-electron chi connectivity index (χ1n) is 5.34. The van der Waals surface area contributed by atoms with Crippen molar-refractivity contribution in [1.29, 1.82) is 0 Å². The quantitative estimate of drug-likeness (QED) is 0.793. The largest absolute Gasteiger partial charge is 0.397 e. The van der Waals surface area contributed by atoms with E-state index in [1.165, 1.54) is 19.2 Å². The molecular weight excluding hydrogens is 223 g/mol. The smallest absolute Gasteiger partial charge is 0.256 e.